The molecule has 1 saturated carbocycles. The fourth-order valence-electron chi connectivity index (χ4n) is 2.61. The summed E-state index contributed by atoms with van der Waals surface area (Å²) >= 11 is 2.22. The topological polar surface area (TPSA) is 43.4 Å². The van der Waals surface area contributed by atoms with Crippen molar-refractivity contribution in [2.75, 3.05) is 11.5 Å². The molecule has 4 atom stereocenters. The first kappa shape index (κ1) is 13.1. The SMILES string of the molecule is CC1CCCCC1OC1CS(=O)(=O)CC1I. The van der Waals surface area contributed by atoms with Gasteiger partial charge in [-0.1, -0.05) is 42.4 Å². The van der Waals surface area contributed by atoms with Crippen LogP contribution in [-0.2, 0) is 14.6 Å². The number of alkyl halides is 1. The molecule has 0 aromatic heterocycles. The normalized spacial score (nSPS) is 43.4. The van der Waals surface area contributed by atoms with E-state index in [2.05, 4.69) is 29.5 Å². The highest BCUT2D eigenvalue weighted by Crippen LogP contribution is 2.31. The lowest BCUT2D eigenvalue weighted by Gasteiger charge is -2.31. The van der Waals surface area contributed by atoms with Crippen LogP contribution in [0.25, 0.3) is 0 Å². The summed E-state index contributed by atoms with van der Waals surface area (Å²) in [4.78, 5) is 0. The van der Waals surface area contributed by atoms with Crippen LogP contribution in [0.2, 0.25) is 0 Å². The Morgan fingerprint density at radius 3 is 2.38 bits per heavy atom. The molecule has 4 unspecified atom stereocenters. The second kappa shape index (κ2) is 5.10. The number of hydrogen-bond donors (Lipinski definition) is 0. The van der Waals surface area contributed by atoms with Crippen LogP contribution in [0.3, 0.4) is 0 Å². The summed E-state index contributed by atoms with van der Waals surface area (Å²) in [5, 5.41) is 0. The van der Waals surface area contributed by atoms with Gasteiger partial charge in [-0.15, -0.1) is 0 Å². The van der Waals surface area contributed by atoms with Crippen LogP contribution in [0.15, 0.2) is 0 Å². The van der Waals surface area contributed by atoms with E-state index in [4.69, 9.17) is 4.74 Å². The molecule has 1 aliphatic carbocycles. The summed E-state index contributed by atoms with van der Waals surface area (Å²) < 4.78 is 29.1. The van der Waals surface area contributed by atoms with Crippen molar-refractivity contribution >= 4 is 32.4 Å². The van der Waals surface area contributed by atoms with E-state index in [-0.39, 0.29) is 21.9 Å². The molecule has 3 nitrogen and oxygen atoms in total. The Kier molecular flexibility index (Phi) is 4.17. The number of halogens is 1. The molecule has 0 radical (unpaired) electrons. The quantitative estimate of drug-likeness (QED) is 0.561. The minimum atomic E-state index is -2.85. The van der Waals surface area contributed by atoms with Crippen LogP contribution >= 0.6 is 22.6 Å². The summed E-state index contributed by atoms with van der Waals surface area (Å²) in [6.07, 6.45) is 5.04. The third-order valence-electron chi connectivity index (χ3n) is 3.62. The molecule has 0 bridgehead atoms. The molecule has 0 aromatic carbocycles. The van der Waals surface area contributed by atoms with Crippen LogP contribution in [-0.4, -0.2) is 36.1 Å². The van der Waals surface area contributed by atoms with Gasteiger partial charge in [0.2, 0.25) is 0 Å². The van der Waals surface area contributed by atoms with Crippen LogP contribution in [0.1, 0.15) is 32.6 Å². The lowest BCUT2D eigenvalue weighted by atomic mass is 9.88. The molecule has 1 aliphatic heterocycles. The molecular weight excluding hydrogens is 339 g/mol. The third-order valence-corrected chi connectivity index (χ3v) is 7.16. The minimum absolute atomic E-state index is 0.0730. The average molecular weight is 358 g/mol. The van der Waals surface area contributed by atoms with E-state index in [1.54, 1.807) is 0 Å². The van der Waals surface area contributed by atoms with Crippen LogP contribution in [0.4, 0.5) is 0 Å². The highest BCUT2D eigenvalue weighted by molar-refractivity contribution is 14.1. The highest BCUT2D eigenvalue weighted by Gasteiger charge is 2.39. The van der Waals surface area contributed by atoms with Gasteiger partial charge in [0.15, 0.2) is 9.84 Å². The zero-order chi connectivity index (χ0) is 11.8. The van der Waals surface area contributed by atoms with Crippen LogP contribution < -0.4 is 0 Å². The van der Waals surface area contributed by atoms with Crippen molar-refractivity contribution in [2.45, 2.75) is 48.7 Å². The molecule has 0 spiro atoms. The second-order valence-corrected chi connectivity index (χ2v) is 8.82. The van der Waals surface area contributed by atoms with Gasteiger partial charge in [-0.25, -0.2) is 8.42 Å². The Balaban J connectivity index is 1.94. The molecule has 0 N–H and O–H groups in total. The van der Waals surface area contributed by atoms with Gasteiger partial charge in [0, 0.05) is 0 Å². The van der Waals surface area contributed by atoms with Gasteiger partial charge in [-0.05, 0) is 18.8 Å². The Morgan fingerprint density at radius 2 is 1.81 bits per heavy atom. The first-order valence-corrected chi connectivity index (χ1v) is 9.04. The maximum Gasteiger partial charge on any atom is 0.154 e. The monoisotopic (exact) mass is 358 g/mol. The Bertz CT molecular complexity index is 341. The molecule has 5 heteroatoms. The van der Waals surface area contributed by atoms with Gasteiger partial charge in [-0.2, -0.15) is 0 Å². The van der Waals surface area contributed by atoms with Crippen molar-refractivity contribution in [3.05, 3.63) is 0 Å². The van der Waals surface area contributed by atoms with Crippen LogP contribution in [0, 0.1) is 5.92 Å². The van der Waals surface area contributed by atoms with E-state index in [9.17, 15) is 8.42 Å². The minimum Gasteiger partial charge on any atom is -0.373 e. The van der Waals surface area contributed by atoms with E-state index in [0.717, 1.165) is 6.42 Å². The molecule has 2 fully saturated rings. The largest absolute Gasteiger partial charge is 0.373 e. The van der Waals surface area contributed by atoms with Gasteiger partial charge in [0.05, 0.1) is 27.6 Å². The lowest BCUT2D eigenvalue weighted by molar-refractivity contribution is -0.0407. The Labute approximate surface area is 111 Å². The van der Waals surface area contributed by atoms with E-state index in [1.807, 2.05) is 0 Å². The number of ether oxygens (including phenoxy) is 1. The van der Waals surface area contributed by atoms with Crippen LogP contribution in [0.5, 0.6) is 0 Å². The first-order chi connectivity index (χ1) is 7.48. The molecule has 2 aliphatic rings. The van der Waals surface area contributed by atoms with E-state index >= 15 is 0 Å². The van der Waals surface area contributed by atoms with Crippen molar-refractivity contribution in [3.8, 4) is 0 Å². The number of hydrogen-bond acceptors (Lipinski definition) is 3. The van der Waals surface area contributed by atoms with Gasteiger partial charge >= 0.3 is 0 Å². The highest BCUT2D eigenvalue weighted by atomic mass is 127. The second-order valence-electron chi connectivity index (χ2n) is 5.07. The van der Waals surface area contributed by atoms with Gasteiger partial charge < -0.3 is 4.74 Å². The Morgan fingerprint density at radius 1 is 1.12 bits per heavy atom. The summed E-state index contributed by atoms with van der Waals surface area (Å²) in [7, 11) is -2.85. The predicted molar refractivity (Wildman–Crippen MR) is 72.8 cm³/mol. The zero-order valence-electron chi connectivity index (χ0n) is 9.56. The molecule has 16 heavy (non-hydrogen) atoms. The summed E-state index contributed by atoms with van der Waals surface area (Å²) in [5.41, 5.74) is 0. The van der Waals surface area contributed by atoms with Crippen molar-refractivity contribution < 1.29 is 13.2 Å². The maximum atomic E-state index is 11.5. The fourth-order valence-corrected chi connectivity index (χ4v) is 6.67. The van der Waals surface area contributed by atoms with Crippen molar-refractivity contribution in [3.63, 3.8) is 0 Å². The van der Waals surface area contributed by atoms with Gasteiger partial charge in [-0.3, -0.25) is 0 Å². The Hall–Kier alpha value is 0.640. The average Bonchev–Trinajstić information content (AvgIpc) is 2.44. The zero-order valence-corrected chi connectivity index (χ0v) is 12.5. The fraction of sp³-hybridized carbons (Fsp3) is 1.00. The van der Waals surface area contributed by atoms with Crippen molar-refractivity contribution in [1.82, 2.24) is 0 Å². The van der Waals surface area contributed by atoms with Crippen molar-refractivity contribution in [2.24, 2.45) is 5.92 Å². The van der Waals surface area contributed by atoms with Gasteiger partial charge in [0.25, 0.3) is 0 Å². The first-order valence-electron chi connectivity index (χ1n) is 5.98. The summed E-state index contributed by atoms with van der Waals surface area (Å²) in [6.45, 7) is 2.22. The van der Waals surface area contributed by atoms with Gasteiger partial charge in [0.1, 0.15) is 0 Å². The molecule has 2 rings (SSSR count). The number of sulfone groups is 1. The molecular formula is C11H19IO3S. The molecule has 1 saturated heterocycles. The molecule has 1 heterocycles. The van der Waals surface area contributed by atoms with E-state index < -0.39 is 9.84 Å². The summed E-state index contributed by atoms with van der Waals surface area (Å²) in [5.74, 6) is 1.10. The molecule has 0 aromatic rings. The third kappa shape index (κ3) is 3.10. The standard InChI is InChI=1S/C11H19IO3S/c1-8-4-2-3-5-10(8)15-11-7-16(13,14)6-9(11)12/h8-11H,2-7H2,1H3. The predicted octanol–water partition coefficient (Wildman–Crippen LogP) is 2.18. The number of rotatable bonds is 2. The van der Waals surface area contributed by atoms with E-state index in [1.165, 1.54) is 19.3 Å². The smallest absolute Gasteiger partial charge is 0.154 e. The summed E-state index contributed by atoms with van der Waals surface area (Å²) in [6, 6.07) is 0. The molecule has 0 amide bonds. The van der Waals surface area contributed by atoms with Crippen molar-refractivity contribution in [1.29, 1.82) is 0 Å². The maximum absolute atomic E-state index is 11.5. The molecule has 94 valence electrons. The van der Waals surface area contributed by atoms with E-state index in [0.29, 0.717) is 11.7 Å². The lowest BCUT2D eigenvalue weighted by Crippen LogP contribution is -2.34.